The standard InChI is InChI=1S/C13H14FN3O/c1-8-3-4-9(5-10(8)14)11-6-12(15)17-13(16-11)7-18-2/h3-6H,7H2,1-2H3,(H2,15,16,17). The summed E-state index contributed by atoms with van der Waals surface area (Å²) in [5, 5.41) is 0. The van der Waals surface area contributed by atoms with E-state index in [0.29, 0.717) is 28.5 Å². The molecule has 2 N–H and O–H groups in total. The summed E-state index contributed by atoms with van der Waals surface area (Å²) in [4.78, 5) is 8.32. The van der Waals surface area contributed by atoms with Crippen molar-refractivity contribution in [2.75, 3.05) is 12.8 Å². The first-order valence-electron chi connectivity index (χ1n) is 5.49. The Kier molecular flexibility index (Phi) is 3.53. The highest BCUT2D eigenvalue weighted by atomic mass is 19.1. The van der Waals surface area contributed by atoms with Crippen molar-refractivity contribution in [3.05, 3.63) is 41.5 Å². The summed E-state index contributed by atoms with van der Waals surface area (Å²) in [5.41, 5.74) is 7.55. The minimum Gasteiger partial charge on any atom is -0.384 e. The molecule has 4 nitrogen and oxygen atoms in total. The van der Waals surface area contributed by atoms with E-state index in [2.05, 4.69) is 9.97 Å². The van der Waals surface area contributed by atoms with Gasteiger partial charge in [0.25, 0.3) is 0 Å². The van der Waals surface area contributed by atoms with Crippen LogP contribution in [0.5, 0.6) is 0 Å². The minimum absolute atomic E-state index is 0.266. The average Bonchev–Trinajstić information content (AvgIpc) is 2.32. The van der Waals surface area contributed by atoms with Crippen LogP contribution in [0.25, 0.3) is 11.3 Å². The van der Waals surface area contributed by atoms with E-state index in [0.717, 1.165) is 0 Å². The first-order chi connectivity index (χ1) is 8.60. The van der Waals surface area contributed by atoms with Gasteiger partial charge in [0.05, 0.1) is 5.69 Å². The van der Waals surface area contributed by atoms with Crippen molar-refractivity contribution in [2.45, 2.75) is 13.5 Å². The van der Waals surface area contributed by atoms with Crippen LogP contribution in [0.3, 0.4) is 0 Å². The molecule has 0 bridgehead atoms. The average molecular weight is 247 g/mol. The van der Waals surface area contributed by atoms with Gasteiger partial charge in [0.15, 0.2) is 5.82 Å². The fourth-order valence-corrected chi connectivity index (χ4v) is 1.61. The van der Waals surface area contributed by atoms with Crippen LogP contribution in [0.2, 0.25) is 0 Å². The van der Waals surface area contributed by atoms with Crippen LogP contribution in [0.15, 0.2) is 24.3 Å². The summed E-state index contributed by atoms with van der Waals surface area (Å²) < 4.78 is 18.5. The molecule has 0 saturated heterocycles. The van der Waals surface area contributed by atoms with Gasteiger partial charge in [-0.05, 0) is 18.6 Å². The van der Waals surface area contributed by atoms with Crippen molar-refractivity contribution in [1.29, 1.82) is 0 Å². The van der Waals surface area contributed by atoms with Crippen LogP contribution in [0.1, 0.15) is 11.4 Å². The maximum atomic E-state index is 13.5. The Bertz CT molecular complexity index is 572. The molecule has 0 aliphatic heterocycles. The molecule has 1 heterocycles. The molecule has 1 aromatic heterocycles. The maximum absolute atomic E-state index is 13.5. The highest BCUT2D eigenvalue weighted by molar-refractivity contribution is 5.62. The molecule has 0 radical (unpaired) electrons. The summed E-state index contributed by atoms with van der Waals surface area (Å²) in [5.74, 6) is 0.555. The summed E-state index contributed by atoms with van der Waals surface area (Å²) >= 11 is 0. The van der Waals surface area contributed by atoms with Gasteiger partial charge in [-0.3, -0.25) is 0 Å². The van der Waals surface area contributed by atoms with Crippen LogP contribution in [0, 0.1) is 12.7 Å². The van der Waals surface area contributed by atoms with E-state index in [1.165, 1.54) is 6.07 Å². The van der Waals surface area contributed by atoms with Gasteiger partial charge in [0.2, 0.25) is 0 Å². The number of rotatable bonds is 3. The van der Waals surface area contributed by atoms with Crippen LogP contribution in [-0.4, -0.2) is 17.1 Å². The zero-order valence-corrected chi connectivity index (χ0v) is 10.3. The highest BCUT2D eigenvalue weighted by Gasteiger charge is 2.07. The lowest BCUT2D eigenvalue weighted by molar-refractivity contribution is 0.178. The van der Waals surface area contributed by atoms with Crippen LogP contribution < -0.4 is 5.73 Å². The smallest absolute Gasteiger partial charge is 0.157 e. The third-order valence-electron chi connectivity index (χ3n) is 2.53. The lowest BCUT2D eigenvalue weighted by Gasteiger charge is -2.06. The topological polar surface area (TPSA) is 61.0 Å². The monoisotopic (exact) mass is 247 g/mol. The largest absolute Gasteiger partial charge is 0.384 e. The molecule has 0 saturated carbocycles. The van der Waals surface area contributed by atoms with E-state index in [1.807, 2.05) is 0 Å². The molecule has 0 fully saturated rings. The van der Waals surface area contributed by atoms with Crippen molar-refractivity contribution < 1.29 is 9.13 Å². The number of benzene rings is 1. The zero-order valence-electron chi connectivity index (χ0n) is 10.3. The lowest BCUT2D eigenvalue weighted by Crippen LogP contribution is -2.02. The Morgan fingerprint density at radius 2 is 2.06 bits per heavy atom. The van der Waals surface area contributed by atoms with Gasteiger partial charge in [0, 0.05) is 18.7 Å². The number of nitrogens with two attached hydrogens (primary N) is 1. The summed E-state index contributed by atoms with van der Waals surface area (Å²) in [6.45, 7) is 1.98. The highest BCUT2D eigenvalue weighted by Crippen LogP contribution is 2.21. The first-order valence-corrected chi connectivity index (χ1v) is 5.49. The van der Waals surface area contributed by atoms with E-state index >= 15 is 0 Å². The second-order valence-corrected chi connectivity index (χ2v) is 3.99. The van der Waals surface area contributed by atoms with Crippen molar-refractivity contribution in [3.63, 3.8) is 0 Å². The maximum Gasteiger partial charge on any atom is 0.157 e. The van der Waals surface area contributed by atoms with Crippen molar-refractivity contribution in [3.8, 4) is 11.3 Å². The summed E-state index contributed by atoms with van der Waals surface area (Å²) in [6.07, 6.45) is 0. The molecule has 0 unspecified atom stereocenters. The van der Waals surface area contributed by atoms with Gasteiger partial charge < -0.3 is 10.5 Å². The van der Waals surface area contributed by atoms with Gasteiger partial charge in [-0.15, -0.1) is 0 Å². The fourth-order valence-electron chi connectivity index (χ4n) is 1.61. The second-order valence-electron chi connectivity index (χ2n) is 3.99. The van der Waals surface area contributed by atoms with Gasteiger partial charge >= 0.3 is 0 Å². The molecule has 2 rings (SSSR count). The van der Waals surface area contributed by atoms with Gasteiger partial charge in [-0.1, -0.05) is 12.1 Å². The molecule has 5 heteroatoms. The predicted molar refractivity (Wildman–Crippen MR) is 67.3 cm³/mol. The quantitative estimate of drug-likeness (QED) is 0.904. The Morgan fingerprint density at radius 3 is 2.72 bits per heavy atom. The Balaban J connectivity index is 2.46. The van der Waals surface area contributed by atoms with E-state index in [9.17, 15) is 4.39 Å². The van der Waals surface area contributed by atoms with Crippen molar-refractivity contribution in [1.82, 2.24) is 9.97 Å². The van der Waals surface area contributed by atoms with Gasteiger partial charge in [-0.25, -0.2) is 14.4 Å². The summed E-state index contributed by atoms with van der Waals surface area (Å²) in [6, 6.07) is 6.56. The van der Waals surface area contributed by atoms with E-state index in [1.54, 1.807) is 32.2 Å². The number of anilines is 1. The molecule has 1 aromatic carbocycles. The Morgan fingerprint density at radius 1 is 1.28 bits per heavy atom. The molecule has 0 aliphatic rings. The molecular weight excluding hydrogens is 233 g/mol. The van der Waals surface area contributed by atoms with Crippen LogP contribution in [-0.2, 0) is 11.3 Å². The van der Waals surface area contributed by atoms with Crippen LogP contribution >= 0.6 is 0 Å². The zero-order chi connectivity index (χ0) is 13.1. The molecule has 0 atom stereocenters. The number of halogens is 1. The second kappa shape index (κ2) is 5.10. The van der Waals surface area contributed by atoms with E-state index in [-0.39, 0.29) is 12.4 Å². The number of hydrogen-bond donors (Lipinski definition) is 1. The molecule has 94 valence electrons. The Labute approximate surface area is 105 Å². The number of nitrogen functional groups attached to an aromatic ring is 1. The lowest BCUT2D eigenvalue weighted by atomic mass is 10.1. The molecule has 0 amide bonds. The number of aryl methyl sites for hydroxylation is 1. The molecule has 0 aliphatic carbocycles. The molecule has 18 heavy (non-hydrogen) atoms. The number of nitrogens with zero attached hydrogens (tertiary/aromatic N) is 2. The van der Waals surface area contributed by atoms with E-state index in [4.69, 9.17) is 10.5 Å². The molecule has 0 spiro atoms. The number of aromatic nitrogens is 2. The molecular formula is C13H14FN3O. The first kappa shape index (κ1) is 12.4. The van der Waals surface area contributed by atoms with E-state index < -0.39 is 0 Å². The Hall–Kier alpha value is -2.01. The summed E-state index contributed by atoms with van der Waals surface area (Å²) in [7, 11) is 1.55. The van der Waals surface area contributed by atoms with Crippen molar-refractivity contribution >= 4 is 5.82 Å². The molecule has 2 aromatic rings. The minimum atomic E-state index is -0.266. The third-order valence-corrected chi connectivity index (χ3v) is 2.53. The fraction of sp³-hybridized carbons (Fsp3) is 0.231. The predicted octanol–water partition coefficient (Wildman–Crippen LogP) is 2.32. The normalized spacial score (nSPS) is 10.6. The van der Waals surface area contributed by atoms with Crippen molar-refractivity contribution in [2.24, 2.45) is 0 Å². The third kappa shape index (κ3) is 2.62. The number of ether oxygens (including phenoxy) is 1. The van der Waals surface area contributed by atoms with Gasteiger partial charge in [-0.2, -0.15) is 0 Å². The number of methoxy groups -OCH3 is 1. The van der Waals surface area contributed by atoms with Crippen LogP contribution in [0.4, 0.5) is 10.2 Å². The van der Waals surface area contributed by atoms with Gasteiger partial charge in [0.1, 0.15) is 18.2 Å². The SMILES string of the molecule is COCc1nc(N)cc(-c2ccc(C)c(F)c2)n1. The number of hydrogen-bond acceptors (Lipinski definition) is 4.